The highest BCUT2D eigenvalue weighted by Gasteiger charge is 2.38. The van der Waals surface area contributed by atoms with E-state index < -0.39 is 5.76 Å². The van der Waals surface area contributed by atoms with Crippen LogP contribution in [0.4, 0.5) is 0 Å². The van der Waals surface area contributed by atoms with E-state index in [1.807, 2.05) is 17.5 Å². The lowest BCUT2D eigenvalue weighted by molar-refractivity contribution is -0.122. The van der Waals surface area contributed by atoms with Gasteiger partial charge in [-0.1, -0.05) is 25.3 Å². The highest BCUT2D eigenvalue weighted by atomic mass is 32.1. The van der Waals surface area contributed by atoms with Gasteiger partial charge in [0.2, 0.25) is 5.91 Å². The van der Waals surface area contributed by atoms with Gasteiger partial charge in [0, 0.05) is 31.6 Å². The molecule has 158 valence electrons. The zero-order valence-electron chi connectivity index (χ0n) is 16.6. The Hall–Kier alpha value is -1.97. The molecule has 1 aliphatic carbocycles. The summed E-state index contributed by atoms with van der Waals surface area (Å²) in [5, 5.41) is 9.23. The van der Waals surface area contributed by atoms with Crippen molar-refractivity contribution in [1.29, 1.82) is 0 Å². The molecule has 1 amide bonds. The van der Waals surface area contributed by atoms with E-state index in [9.17, 15) is 9.59 Å². The number of carbonyl (C=O) groups is 1. The van der Waals surface area contributed by atoms with E-state index in [1.54, 1.807) is 0 Å². The van der Waals surface area contributed by atoms with Gasteiger partial charge in [-0.15, -0.1) is 16.4 Å². The van der Waals surface area contributed by atoms with Crippen molar-refractivity contribution < 1.29 is 13.9 Å². The van der Waals surface area contributed by atoms with Crippen molar-refractivity contribution in [2.45, 2.75) is 50.6 Å². The fourth-order valence-corrected chi connectivity index (χ4v) is 5.00. The van der Waals surface area contributed by atoms with Crippen LogP contribution in [-0.4, -0.2) is 59.0 Å². The summed E-state index contributed by atoms with van der Waals surface area (Å²) in [5.74, 6) is -0.284. The molecule has 1 saturated carbocycles. The molecule has 2 fully saturated rings. The number of amides is 1. The molecule has 2 aliphatic rings. The molecule has 1 aliphatic heterocycles. The van der Waals surface area contributed by atoms with Gasteiger partial charge in [-0.05, 0) is 24.3 Å². The average Bonchev–Trinajstić information content (AvgIpc) is 3.42. The Balaban J connectivity index is 1.32. The van der Waals surface area contributed by atoms with Crippen molar-refractivity contribution in [3.63, 3.8) is 0 Å². The van der Waals surface area contributed by atoms with E-state index >= 15 is 0 Å². The number of aromatic nitrogens is 2. The second-order valence-electron chi connectivity index (χ2n) is 7.78. The summed E-state index contributed by atoms with van der Waals surface area (Å²) in [5.41, 5.74) is 0.0365. The van der Waals surface area contributed by atoms with Crippen molar-refractivity contribution in [3.8, 4) is 10.8 Å². The Morgan fingerprint density at radius 2 is 2.03 bits per heavy atom. The lowest BCUT2D eigenvalue weighted by Crippen LogP contribution is -2.59. The maximum atomic E-state index is 12.5. The SMILES string of the molecule is O=C(CCn1nc(-c2cccs2)oc1=O)NCC1(N2CCOCC2)CCCCC1. The van der Waals surface area contributed by atoms with Crippen molar-refractivity contribution in [2.24, 2.45) is 0 Å². The first-order chi connectivity index (χ1) is 14.2. The Kier molecular flexibility index (Phi) is 6.46. The second kappa shape index (κ2) is 9.23. The normalized spacial score (nSPS) is 19.9. The van der Waals surface area contributed by atoms with E-state index in [1.165, 1.54) is 35.3 Å². The zero-order valence-corrected chi connectivity index (χ0v) is 17.4. The van der Waals surface area contributed by atoms with E-state index in [2.05, 4.69) is 15.3 Å². The van der Waals surface area contributed by atoms with Gasteiger partial charge in [-0.2, -0.15) is 4.68 Å². The summed E-state index contributed by atoms with van der Waals surface area (Å²) >= 11 is 1.46. The topological polar surface area (TPSA) is 89.6 Å². The van der Waals surface area contributed by atoms with Gasteiger partial charge in [0.1, 0.15) is 0 Å². The van der Waals surface area contributed by atoms with Crippen LogP contribution >= 0.6 is 11.3 Å². The molecule has 0 unspecified atom stereocenters. The molecule has 4 rings (SSSR count). The molecule has 0 atom stereocenters. The molecule has 0 bridgehead atoms. The van der Waals surface area contributed by atoms with Gasteiger partial charge in [0.25, 0.3) is 5.89 Å². The van der Waals surface area contributed by atoms with Crippen molar-refractivity contribution >= 4 is 17.2 Å². The highest BCUT2D eigenvalue weighted by molar-refractivity contribution is 7.13. The highest BCUT2D eigenvalue weighted by Crippen LogP contribution is 2.33. The first-order valence-corrected chi connectivity index (χ1v) is 11.3. The fraction of sp³-hybridized carbons (Fsp3) is 0.650. The first kappa shape index (κ1) is 20.3. The molecule has 0 aromatic carbocycles. The summed E-state index contributed by atoms with van der Waals surface area (Å²) in [6.07, 6.45) is 6.09. The summed E-state index contributed by atoms with van der Waals surface area (Å²) in [6.45, 7) is 4.24. The first-order valence-electron chi connectivity index (χ1n) is 10.4. The number of morpholine rings is 1. The number of aryl methyl sites for hydroxylation is 1. The fourth-order valence-electron chi connectivity index (χ4n) is 4.36. The van der Waals surface area contributed by atoms with E-state index in [0.717, 1.165) is 44.0 Å². The van der Waals surface area contributed by atoms with E-state index in [4.69, 9.17) is 9.15 Å². The summed E-state index contributed by atoms with van der Waals surface area (Å²) in [7, 11) is 0. The molecule has 2 aromatic rings. The minimum absolute atomic E-state index is 0.0365. The van der Waals surface area contributed by atoms with Crippen LogP contribution in [0.3, 0.4) is 0 Å². The van der Waals surface area contributed by atoms with Gasteiger partial charge in [-0.3, -0.25) is 9.69 Å². The molecular weight excluding hydrogens is 392 g/mol. The molecule has 0 radical (unpaired) electrons. The average molecular weight is 421 g/mol. The third-order valence-corrected chi connectivity index (χ3v) is 6.83. The predicted molar refractivity (Wildman–Crippen MR) is 110 cm³/mol. The maximum absolute atomic E-state index is 12.5. The quantitative estimate of drug-likeness (QED) is 0.738. The Morgan fingerprint density at radius 3 is 2.76 bits per heavy atom. The van der Waals surface area contributed by atoms with Crippen LogP contribution in [0.15, 0.2) is 26.7 Å². The van der Waals surface area contributed by atoms with Crippen LogP contribution in [0, 0.1) is 0 Å². The number of hydrogen-bond acceptors (Lipinski definition) is 7. The third-order valence-electron chi connectivity index (χ3n) is 5.97. The lowest BCUT2D eigenvalue weighted by Gasteiger charge is -2.48. The van der Waals surface area contributed by atoms with Crippen molar-refractivity contribution in [2.75, 3.05) is 32.8 Å². The monoisotopic (exact) mass is 420 g/mol. The lowest BCUT2D eigenvalue weighted by atomic mass is 9.79. The number of nitrogens with one attached hydrogen (secondary N) is 1. The van der Waals surface area contributed by atoms with Gasteiger partial charge >= 0.3 is 5.76 Å². The second-order valence-corrected chi connectivity index (χ2v) is 8.73. The van der Waals surface area contributed by atoms with Crippen LogP contribution in [0.1, 0.15) is 38.5 Å². The van der Waals surface area contributed by atoms with Crippen LogP contribution < -0.4 is 11.1 Å². The molecule has 29 heavy (non-hydrogen) atoms. The molecule has 1 saturated heterocycles. The minimum Gasteiger partial charge on any atom is -0.387 e. The number of ether oxygens (including phenoxy) is 1. The molecule has 8 nitrogen and oxygen atoms in total. The Labute approximate surface area is 173 Å². The number of nitrogens with zero attached hydrogens (tertiary/aromatic N) is 3. The molecule has 3 heterocycles. The molecular formula is C20H28N4O4S. The van der Waals surface area contributed by atoms with Crippen molar-refractivity contribution in [3.05, 3.63) is 28.1 Å². The van der Waals surface area contributed by atoms with E-state index in [-0.39, 0.29) is 24.4 Å². The Morgan fingerprint density at radius 1 is 1.24 bits per heavy atom. The smallest absolute Gasteiger partial charge is 0.387 e. The Bertz CT molecular complexity index is 848. The number of carbonyl (C=O) groups excluding carboxylic acids is 1. The van der Waals surface area contributed by atoms with Crippen LogP contribution in [0.25, 0.3) is 10.8 Å². The van der Waals surface area contributed by atoms with Crippen molar-refractivity contribution in [1.82, 2.24) is 20.0 Å². The largest absolute Gasteiger partial charge is 0.437 e. The summed E-state index contributed by atoms with van der Waals surface area (Å²) in [6, 6.07) is 3.73. The van der Waals surface area contributed by atoms with Crippen LogP contribution in [0.2, 0.25) is 0 Å². The van der Waals surface area contributed by atoms with Crippen LogP contribution in [0.5, 0.6) is 0 Å². The standard InChI is InChI=1S/C20H28N4O4S/c25-17(6-9-24-19(26)28-18(22-24)16-5-4-14-29-16)21-15-20(7-2-1-3-8-20)23-10-12-27-13-11-23/h4-5,14H,1-3,6-13,15H2,(H,21,25). The van der Waals surface area contributed by atoms with E-state index in [0.29, 0.717) is 12.4 Å². The van der Waals surface area contributed by atoms with Gasteiger partial charge in [0.15, 0.2) is 0 Å². The molecule has 2 aromatic heterocycles. The summed E-state index contributed by atoms with van der Waals surface area (Å²) in [4.78, 5) is 27.8. The summed E-state index contributed by atoms with van der Waals surface area (Å²) < 4.78 is 11.9. The van der Waals surface area contributed by atoms with Gasteiger partial charge in [0.05, 0.1) is 24.6 Å². The maximum Gasteiger partial charge on any atom is 0.437 e. The zero-order chi connectivity index (χ0) is 20.1. The predicted octanol–water partition coefficient (Wildman–Crippen LogP) is 2.11. The molecule has 9 heteroatoms. The number of thiophene rings is 1. The van der Waals surface area contributed by atoms with Gasteiger partial charge < -0.3 is 14.5 Å². The number of hydrogen-bond donors (Lipinski definition) is 1. The van der Waals surface area contributed by atoms with Gasteiger partial charge in [-0.25, -0.2) is 4.79 Å². The molecule has 1 N–H and O–H groups in total. The third kappa shape index (κ3) is 4.79. The number of rotatable bonds is 7. The minimum atomic E-state index is -0.529. The van der Waals surface area contributed by atoms with Crippen LogP contribution in [-0.2, 0) is 16.1 Å². The molecule has 0 spiro atoms.